The van der Waals surface area contributed by atoms with E-state index in [1.807, 2.05) is 73.8 Å². The SMILES string of the molecule is CSc1ccc(C(=O)Nc2ccc(Cl)c(-c3ccccn3)c2)c(-c2cccc(Cl)c2C)c1. The van der Waals surface area contributed by atoms with Crippen LogP contribution in [0.15, 0.2) is 83.9 Å². The zero-order valence-corrected chi connectivity index (χ0v) is 19.9. The molecule has 0 aliphatic rings. The summed E-state index contributed by atoms with van der Waals surface area (Å²) in [4.78, 5) is 18.8. The Bertz CT molecular complexity index is 1290. The van der Waals surface area contributed by atoms with Crippen molar-refractivity contribution in [3.63, 3.8) is 0 Å². The lowest BCUT2D eigenvalue weighted by molar-refractivity contribution is 0.102. The van der Waals surface area contributed by atoms with E-state index in [-0.39, 0.29) is 5.91 Å². The molecule has 0 saturated carbocycles. The molecule has 3 aromatic carbocycles. The number of halogens is 2. The third kappa shape index (κ3) is 4.68. The van der Waals surface area contributed by atoms with Crippen molar-refractivity contribution < 1.29 is 4.79 Å². The highest BCUT2D eigenvalue weighted by Crippen LogP contribution is 2.34. The number of hydrogen-bond acceptors (Lipinski definition) is 3. The fraction of sp³-hybridized carbons (Fsp3) is 0.0769. The number of benzene rings is 3. The Hall–Kier alpha value is -2.79. The molecule has 0 atom stereocenters. The van der Waals surface area contributed by atoms with Crippen molar-refractivity contribution in [2.45, 2.75) is 11.8 Å². The zero-order chi connectivity index (χ0) is 22.7. The molecule has 1 aromatic heterocycles. The molecule has 4 aromatic rings. The van der Waals surface area contributed by atoms with Gasteiger partial charge in [-0.2, -0.15) is 0 Å². The number of amides is 1. The highest BCUT2D eigenvalue weighted by atomic mass is 35.5. The van der Waals surface area contributed by atoms with Crippen molar-refractivity contribution in [2.75, 3.05) is 11.6 Å². The summed E-state index contributed by atoms with van der Waals surface area (Å²) in [6, 6.07) is 22.6. The smallest absolute Gasteiger partial charge is 0.256 e. The molecule has 1 heterocycles. The predicted molar refractivity (Wildman–Crippen MR) is 136 cm³/mol. The molecule has 0 saturated heterocycles. The van der Waals surface area contributed by atoms with Crippen molar-refractivity contribution in [2.24, 2.45) is 0 Å². The van der Waals surface area contributed by atoms with Gasteiger partial charge in [-0.3, -0.25) is 9.78 Å². The number of hydrogen-bond donors (Lipinski definition) is 1. The molecule has 0 unspecified atom stereocenters. The summed E-state index contributed by atoms with van der Waals surface area (Å²) in [6.45, 7) is 1.96. The molecule has 3 nitrogen and oxygen atoms in total. The first kappa shape index (κ1) is 22.4. The van der Waals surface area contributed by atoms with Crippen LogP contribution in [-0.4, -0.2) is 17.1 Å². The molecule has 0 bridgehead atoms. The summed E-state index contributed by atoms with van der Waals surface area (Å²) in [5.41, 5.74) is 5.43. The van der Waals surface area contributed by atoms with Gasteiger partial charge in [0.2, 0.25) is 0 Å². The van der Waals surface area contributed by atoms with Gasteiger partial charge in [0.1, 0.15) is 0 Å². The highest BCUT2D eigenvalue weighted by molar-refractivity contribution is 7.98. The summed E-state index contributed by atoms with van der Waals surface area (Å²) in [6.07, 6.45) is 3.72. The molecule has 1 amide bonds. The largest absolute Gasteiger partial charge is 0.322 e. The topological polar surface area (TPSA) is 42.0 Å². The first-order valence-electron chi connectivity index (χ1n) is 9.94. The van der Waals surface area contributed by atoms with Crippen LogP contribution in [0.5, 0.6) is 0 Å². The molecule has 4 rings (SSSR count). The van der Waals surface area contributed by atoms with Crippen LogP contribution in [0.1, 0.15) is 15.9 Å². The Morgan fingerprint density at radius 1 is 0.875 bits per heavy atom. The van der Waals surface area contributed by atoms with Crippen LogP contribution in [0.4, 0.5) is 5.69 Å². The van der Waals surface area contributed by atoms with Crippen LogP contribution >= 0.6 is 35.0 Å². The second kappa shape index (κ2) is 9.78. The Balaban J connectivity index is 1.73. The average molecular weight is 479 g/mol. The molecule has 0 aliphatic carbocycles. The van der Waals surface area contributed by atoms with E-state index in [2.05, 4.69) is 10.3 Å². The minimum absolute atomic E-state index is 0.207. The number of anilines is 1. The fourth-order valence-electron chi connectivity index (χ4n) is 3.49. The van der Waals surface area contributed by atoms with Crippen molar-refractivity contribution in [1.29, 1.82) is 0 Å². The van der Waals surface area contributed by atoms with E-state index in [1.54, 1.807) is 30.1 Å². The van der Waals surface area contributed by atoms with Crippen molar-refractivity contribution in [3.05, 3.63) is 100 Å². The maximum Gasteiger partial charge on any atom is 0.256 e. The summed E-state index contributed by atoms with van der Waals surface area (Å²) < 4.78 is 0. The Morgan fingerprint density at radius 2 is 1.72 bits per heavy atom. The molecular formula is C26H20Cl2N2OS. The monoisotopic (exact) mass is 478 g/mol. The number of nitrogens with zero attached hydrogens (tertiary/aromatic N) is 1. The third-order valence-corrected chi connectivity index (χ3v) is 6.66. The second-order valence-electron chi connectivity index (χ2n) is 7.19. The lowest BCUT2D eigenvalue weighted by Crippen LogP contribution is -2.13. The van der Waals surface area contributed by atoms with Crippen molar-refractivity contribution in [3.8, 4) is 22.4 Å². The van der Waals surface area contributed by atoms with Crippen LogP contribution in [0.3, 0.4) is 0 Å². The number of rotatable bonds is 5. The number of thioether (sulfide) groups is 1. The molecule has 32 heavy (non-hydrogen) atoms. The van der Waals surface area contributed by atoms with Crippen LogP contribution in [0.25, 0.3) is 22.4 Å². The second-order valence-corrected chi connectivity index (χ2v) is 8.88. The minimum atomic E-state index is -0.207. The van der Waals surface area contributed by atoms with Gasteiger partial charge in [0.15, 0.2) is 0 Å². The fourth-order valence-corrected chi connectivity index (χ4v) is 4.32. The van der Waals surface area contributed by atoms with Gasteiger partial charge in [0, 0.05) is 32.9 Å². The third-order valence-electron chi connectivity index (χ3n) is 5.19. The number of pyridine rings is 1. The molecule has 6 heteroatoms. The number of carbonyl (C=O) groups is 1. The summed E-state index contributed by atoms with van der Waals surface area (Å²) in [7, 11) is 0. The molecule has 0 radical (unpaired) electrons. The van der Waals surface area contributed by atoms with E-state index in [4.69, 9.17) is 23.2 Å². The van der Waals surface area contributed by atoms with Gasteiger partial charge in [-0.25, -0.2) is 0 Å². The van der Waals surface area contributed by atoms with E-state index >= 15 is 0 Å². The minimum Gasteiger partial charge on any atom is -0.322 e. The van der Waals surface area contributed by atoms with Gasteiger partial charge in [-0.15, -0.1) is 11.8 Å². The Kier molecular flexibility index (Phi) is 6.85. The van der Waals surface area contributed by atoms with E-state index in [1.165, 1.54) is 0 Å². The first-order valence-corrected chi connectivity index (χ1v) is 11.9. The lowest BCUT2D eigenvalue weighted by Gasteiger charge is -2.15. The van der Waals surface area contributed by atoms with Gasteiger partial charge in [0.25, 0.3) is 5.91 Å². The zero-order valence-electron chi connectivity index (χ0n) is 17.5. The summed E-state index contributed by atoms with van der Waals surface area (Å²) in [5.74, 6) is -0.207. The maximum atomic E-state index is 13.3. The van der Waals surface area contributed by atoms with Crippen LogP contribution < -0.4 is 5.32 Å². The molecule has 160 valence electrons. The molecular weight excluding hydrogens is 459 g/mol. The molecule has 0 fully saturated rings. The van der Waals surface area contributed by atoms with Crippen LogP contribution in [0.2, 0.25) is 10.0 Å². The van der Waals surface area contributed by atoms with Gasteiger partial charge < -0.3 is 5.32 Å². The van der Waals surface area contributed by atoms with Gasteiger partial charge >= 0.3 is 0 Å². The Morgan fingerprint density at radius 3 is 2.47 bits per heavy atom. The number of nitrogens with one attached hydrogen (secondary N) is 1. The number of aromatic nitrogens is 1. The van der Waals surface area contributed by atoms with Gasteiger partial charge in [-0.05, 0) is 84.5 Å². The molecule has 1 N–H and O–H groups in total. The number of carbonyl (C=O) groups excluding carboxylic acids is 1. The van der Waals surface area contributed by atoms with E-state index in [9.17, 15) is 4.79 Å². The molecule has 0 aliphatic heterocycles. The van der Waals surface area contributed by atoms with E-state index < -0.39 is 0 Å². The van der Waals surface area contributed by atoms with Crippen molar-refractivity contribution in [1.82, 2.24) is 4.98 Å². The average Bonchev–Trinajstić information content (AvgIpc) is 2.82. The maximum absolute atomic E-state index is 13.3. The normalized spacial score (nSPS) is 10.8. The van der Waals surface area contributed by atoms with Crippen molar-refractivity contribution >= 4 is 46.6 Å². The molecule has 0 spiro atoms. The predicted octanol–water partition coefficient (Wildman–Crippen LogP) is 8.01. The van der Waals surface area contributed by atoms with E-state index in [0.29, 0.717) is 21.3 Å². The standard InChI is InChI=1S/C26H20Cl2N2OS/c1-16-19(6-5-7-23(16)27)21-15-18(32-2)10-11-20(21)26(31)30-17-9-12-24(28)22(14-17)25-8-3-4-13-29-25/h3-15H,1-2H3,(H,30,31). The lowest BCUT2D eigenvalue weighted by atomic mass is 9.95. The van der Waals surface area contributed by atoms with Gasteiger partial charge in [-0.1, -0.05) is 41.4 Å². The quantitative estimate of drug-likeness (QED) is 0.295. The van der Waals surface area contributed by atoms with Gasteiger partial charge in [0.05, 0.1) is 10.7 Å². The Labute approximate surface area is 201 Å². The van der Waals surface area contributed by atoms with Crippen LogP contribution in [-0.2, 0) is 0 Å². The first-order chi connectivity index (χ1) is 15.5. The van der Waals surface area contributed by atoms with E-state index in [0.717, 1.165) is 32.8 Å². The van der Waals surface area contributed by atoms with Crippen LogP contribution in [0, 0.1) is 6.92 Å². The highest BCUT2D eigenvalue weighted by Gasteiger charge is 2.17. The summed E-state index contributed by atoms with van der Waals surface area (Å²) in [5, 5.41) is 4.25. The summed E-state index contributed by atoms with van der Waals surface area (Å²) >= 11 is 14.4.